The molecular formula is C16H17NO2. The van der Waals surface area contributed by atoms with Gasteiger partial charge in [0.15, 0.2) is 11.5 Å². The highest BCUT2D eigenvalue weighted by molar-refractivity contribution is 5.48. The second-order valence-corrected chi connectivity index (χ2v) is 4.95. The summed E-state index contributed by atoms with van der Waals surface area (Å²) in [7, 11) is 0. The van der Waals surface area contributed by atoms with Gasteiger partial charge in [-0.2, -0.15) is 0 Å². The van der Waals surface area contributed by atoms with Crippen LogP contribution in [0.4, 0.5) is 0 Å². The second-order valence-electron chi connectivity index (χ2n) is 4.95. The fourth-order valence-corrected chi connectivity index (χ4v) is 2.46. The van der Waals surface area contributed by atoms with Gasteiger partial charge in [0.2, 0.25) is 6.79 Å². The molecule has 3 heteroatoms. The van der Waals surface area contributed by atoms with Crippen LogP contribution in [0, 0.1) is 13.8 Å². The maximum absolute atomic E-state index is 6.36. The summed E-state index contributed by atoms with van der Waals surface area (Å²) < 4.78 is 10.7. The Morgan fingerprint density at radius 2 is 1.79 bits per heavy atom. The van der Waals surface area contributed by atoms with Crippen molar-refractivity contribution in [3.8, 4) is 11.5 Å². The van der Waals surface area contributed by atoms with E-state index in [0.717, 1.165) is 22.6 Å². The molecule has 1 aliphatic heterocycles. The van der Waals surface area contributed by atoms with E-state index in [-0.39, 0.29) is 12.8 Å². The minimum absolute atomic E-state index is 0.143. The highest BCUT2D eigenvalue weighted by Crippen LogP contribution is 2.35. The predicted molar refractivity (Wildman–Crippen MR) is 74.5 cm³/mol. The topological polar surface area (TPSA) is 44.5 Å². The summed E-state index contributed by atoms with van der Waals surface area (Å²) in [5, 5.41) is 0. The van der Waals surface area contributed by atoms with E-state index in [0.29, 0.717) is 0 Å². The molecule has 2 aromatic carbocycles. The third kappa shape index (κ3) is 2.17. The zero-order valence-electron chi connectivity index (χ0n) is 11.1. The summed E-state index contributed by atoms with van der Waals surface area (Å²) >= 11 is 0. The molecule has 1 heterocycles. The van der Waals surface area contributed by atoms with Crippen LogP contribution in [0.5, 0.6) is 11.5 Å². The average Bonchev–Trinajstić information content (AvgIpc) is 2.85. The molecule has 0 fully saturated rings. The molecule has 0 bridgehead atoms. The van der Waals surface area contributed by atoms with Crippen LogP contribution in [0.1, 0.15) is 28.3 Å². The van der Waals surface area contributed by atoms with Crippen molar-refractivity contribution in [1.29, 1.82) is 0 Å². The van der Waals surface area contributed by atoms with Crippen LogP contribution in [0.15, 0.2) is 36.4 Å². The Hall–Kier alpha value is -2.00. The molecular weight excluding hydrogens is 238 g/mol. The van der Waals surface area contributed by atoms with E-state index in [1.54, 1.807) is 0 Å². The molecule has 2 N–H and O–H groups in total. The smallest absolute Gasteiger partial charge is 0.231 e. The van der Waals surface area contributed by atoms with Crippen LogP contribution >= 0.6 is 0 Å². The Morgan fingerprint density at radius 1 is 1.00 bits per heavy atom. The van der Waals surface area contributed by atoms with Gasteiger partial charge in [-0.05, 0) is 42.7 Å². The van der Waals surface area contributed by atoms with Gasteiger partial charge in [0.1, 0.15) is 0 Å². The zero-order chi connectivity index (χ0) is 13.4. The summed E-state index contributed by atoms with van der Waals surface area (Å²) in [6.07, 6.45) is 0. The maximum atomic E-state index is 6.36. The first-order valence-electron chi connectivity index (χ1n) is 6.37. The summed E-state index contributed by atoms with van der Waals surface area (Å²) in [5.74, 6) is 1.56. The summed E-state index contributed by atoms with van der Waals surface area (Å²) in [5.41, 5.74) is 11.0. The quantitative estimate of drug-likeness (QED) is 0.897. The molecule has 19 heavy (non-hydrogen) atoms. The Labute approximate surface area is 113 Å². The number of hydrogen-bond acceptors (Lipinski definition) is 3. The van der Waals surface area contributed by atoms with Crippen molar-refractivity contribution >= 4 is 0 Å². The molecule has 0 radical (unpaired) electrons. The highest BCUT2D eigenvalue weighted by Gasteiger charge is 2.17. The molecule has 1 atom stereocenters. The van der Waals surface area contributed by atoms with Crippen LogP contribution < -0.4 is 15.2 Å². The van der Waals surface area contributed by atoms with Gasteiger partial charge in [0.05, 0.1) is 6.04 Å². The molecule has 3 nitrogen and oxygen atoms in total. The van der Waals surface area contributed by atoms with Crippen LogP contribution in [0.25, 0.3) is 0 Å². The van der Waals surface area contributed by atoms with Gasteiger partial charge in [-0.3, -0.25) is 0 Å². The lowest BCUT2D eigenvalue weighted by Crippen LogP contribution is -2.13. The largest absolute Gasteiger partial charge is 0.454 e. The zero-order valence-corrected chi connectivity index (χ0v) is 11.1. The lowest BCUT2D eigenvalue weighted by molar-refractivity contribution is 0.174. The Morgan fingerprint density at radius 3 is 2.58 bits per heavy atom. The van der Waals surface area contributed by atoms with Gasteiger partial charge >= 0.3 is 0 Å². The Bertz CT molecular complexity index is 622. The van der Waals surface area contributed by atoms with Crippen molar-refractivity contribution < 1.29 is 9.47 Å². The lowest BCUT2D eigenvalue weighted by Gasteiger charge is -2.16. The van der Waals surface area contributed by atoms with Crippen LogP contribution in [-0.2, 0) is 0 Å². The van der Waals surface area contributed by atoms with Gasteiger partial charge in [0, 0.05) is 0 Å². The molecule has 0 aromatic heterocycles. The van der Waals surface area contributed by atoms with Gasteiger partial charge in [0.25, 0.3) is 0 Å². The van der Waals surface area contributed by atoms with E-state index < -0.39 is 0 Å². The lowest BCUT2D eigenvalue weighted by atomic mass is 9.94. The minimum atomic E-state index is -0.143. The standard InChI is InChI=1S/C16H17NO2/c1-10-3-5-13(11(2)7-10)16(17)12-4-6-14-15(8-12)19-9-18-14/h3-8,16H,9,17H2,1-2H3. The Balaban J connectivity index is 1.97. The van der Waals surface area contributed by atoms with Crippen molar-refractivity contribution in [3.63, 3.8) is 0 Å². The van der Waals surface area contributed by atoms with E-state index >= 15 is 0 Å². The first kappa shape index (κ1) is 12.1. The molecule has 0 amide bonds. The van der Waals surface area contributed by atoms with E-state index in [1.165, 1.54) is 11.1 Å². The maximum Gasteiger partial charge on any atom is 0.231 e. The predicted octanol–water partition coefficient (Wildman–Crippen LogP) is 3.08. The van der Waals surface area contributed by atoms with E-state index in [4.69, 9.17) is 15.2 Å². The van der Waals surface area contributed by atoms with E-state index in [2.05, 4.69) is 32.0 Å². The van der Waals surface area contributed by atoms with Gasteiger partial charge in [-0.1, -0.05) is 29.8 Å². The number of ether oxygens (including phenoxy) is 2. The Kier molecular flexibility index (Phi) is 2.91. The molecule has 98 valence electrons. The third-order valence-corrected chi connectivity index (χ3v) is 3.52. The monoisotopic (exact) mass is 255 g/mol. The average molecular weight is 255 g/mol. The van der Waals surface area contributed by atoms with Gasteiger partial charge in [-0.25, -0.2) is 0 Å². The molecule has 1 unspecified atom stereocenters. The SMILES string of the molecule is Cc1ccc(C(N)c2ccc3c(c2)OCO3)c(C)c1. The normalized spacial score (nSPS) is 14.5. The van der Waals surface area contributed by atoms with Crippen LogP contribution in [0.3, 0.4) is 0 Å². The first-order chi connectivity index (χ1) is 9.15. The molecule has 0 saturated heterocycles. The first-order valence-corrected chi connectivity index (χ1v) is 6.37. The molecule has 2 aromatic rings. The van der Waals surface area contributed by atoms with E-state index in [1.807, 2.05) is 18.2 Å². The van der Waals surface area contributed by atoms with Crippen molar-refractivity contribution in [1.82, 2.24) is 0 Å². The number of hydrogen-bond donors (Lipinski definition) is 1. The highest BCUT2D eigenvalue weighted by atomic mass is 16.7. The molecule has 0 aliphatic carbocycles. The van der Waals surface area contributed by atoms with Crippen molar-refractivity contribution in [2.24, 2.45) is 5.73 Å². The molecule has 3 rings (SSSR count). The summed E-state index contributed by atoms with van der Waals surface area (Å²) in [6.45, 7) is 4.47. The second kappa shape index (κ2) is 4.59. The fraction of sp³-hybridized carbons (Fsp3) is 0.250. The van der Waals surface area contributed by atoms with E-state index in [9.17, 15) is 0 Å². The minimum Gasteiger partial charge on any atom is -0.454 e. The third-order valence-electron chi connectivity index (χ3n) is 3.52. The number of aryl methyl sites for hydroxylation is 2. The van der Waals surface area contributed by atoms with Gasteiger partial charge in [-0.15, -0.1) is 0 Å². The van der Waals surface area contributed by atoms with Crippen LogP contribution in [-0.4, -0.2) is 6.79 Å². The molecule has 0 spiro atoms. The number of rotatable bonds is 2. The summed E-state index contributed by atoms with van der Waals surface area (Å²) in [4.78, 5) is 0. The summed E-state index contributed by atoms with van der Waals surface area (Å²) in [6, 6.07) is 12.1. The molecule has 0 saturated carbocycles. The fourth-order valence-electron chi connectivity index (χ4n) is 2.46. The molecule has 1 aliphatic rings. The van der Waals surface area contributed by atoms with Crippen molar-refractivity contribution in [2.75, 3.05) is 6.79 Å². The number of fused-ring (bicyclic) bond motifs is 1. The number of nitrogens with two attached hydrogens (primary N) is 1. The van der Waals surface area contributed by atoms with Gasteiger partial charge < -0.3 is 15.2 Å². The number of benzene rings is 2. The van der Waals surface area contributed by atoms with Crippen molar-refractivity contribution in [2.45, 2.75) is 19.9 Å². The van der Waals surface area contributed by atoms with Crippen LogP contribution in [0.2, 0.25) is 0 Å². The van der Waals surface area contributed by atoms with Crippen molar-refractivity contribution in [3.05, 3.63) is 58.7 Å².